The summed E-state index contributed by atoms with van der Waals surface area (Å²) in [4.78, 5) is 36.9. The molecule has 1 saturated heterocycles. The van der Waals surface area contributed by atoms with E-state index >= 15 is 0 Å². The van der Waals surface area contributed by atoms with Crippen LogP contribution in [-0.2, 0) is 19.1 Å². The van der Waals surface area contributed by atoms with Gasteiger partial charge in [-0.05, 0) is 40.5 Å². The van der Waals surface area contributed by atoms with Crippen molar-refractivity contribution in [3.05, 3.63) is 0 Å². The van der Waals surface area contributed by atoms with Gasteiger partial charge in [0.15, 0.2) is 0 Å². The maximum absolute atomic E-state index is 12.1. The zero-order valence-electron chi connectivity index (χ0n) is 14.0. The van der Waals surface area contributed by atoms with Gasteiger partial charge in [0.25, 0.3) is 0 Å². The summed E-state index contributed by atoms with van der Waals surface area (Å²) in [5.74, 6) is -0.327. The zero-order valence-corrected chi connectivity index (χ0v) is 14.0. The first-order valence-corrected chi connectivity index (χ1v) is 7.89. The van der Waals surface area contributed by atoms with Crippen molar-refractivity contribution in [2.45, 2.75) is 59.0 Å². The first-order chi connectivity index (χ1) is 10.2. The number of carbonyl (C=O) groups is 3. The Bertz CT molecular complexity index is 405. The predicted octanol–water partition coefficient (Wildman–Crippen LogP) is 2.55. The van der Waals surface area contributed by atoms with Gasteiger partial charge in [-0.25, -0.2) is 4.79 Å². The molecule has 1 rings (SSSR count). The number of esters is 1. The Morgan fingerprint density at radius 2 is 1.68 bits per heavy atom. The fourth-order valence-electron chi connectivity index (χ4n) is 2.37. The molecule has 1 heterocycles. The summed E-state index contributed by atoms with van der Waals surface area (Å²) in [5.41, 5.74) is -0.511. The molecule has 0 saturated carbocycles. The van der Waals surface area contributed by atoms with Crippen LogP contribution in [0.15, 0.2) is 0 Å². The van der Waals surface area contributed by atoms with Gasteiger partial charge < -0.3 is 14.4 Å². The number of piperidine rings is 1. The number of likely N-dealkylation sites (tertiary alicyclic amines) is 1. The number of ether oxygens (including phenoxy) is 2. The minimum absolute atomic E-state index is 0.0758. The number of nitrogens with zero attached hydrogens (tertiary/aromatic N) is 1. The first-order valence-electron chi connectivity index (χ1n) is 7.89. The highest BCUT2D eigenvalue weighted by Gasteiger charge is 2.29. The molecule has 6 nitrogen and oxygen atoms in total. The molecule has 0 atom stereocenters. The van der Waals surface area contributed by atoms with Crippen LogP contribution in [0.3, 0.4) is 0 Å². The van der Waals surface area contributed by atoms with E-state index in [1.54, 1.807) is 11.8 Å². The van der Waals surface area contributed by atoms with Crippen LogP contribution >= 0.6 is 0 Å². The van der Waals surface area contributed by atoms with E-state index in [1.807, 2.05) is 20.8 Å². The molecule has 1 amide bonds. The Balaban J connectivity index is 2.34. The molecule has 0 N–H and O–H groups in total. The van der Waals surface area contributed by atoms with Crippen molar-refractivity contribution in [1.82, 2.24) is 4.90 Å². The minimum atomic E-state index is -0.511. The lowest BCUT2D eigenvalue weighted by Crippen LogP contribution is -2.43. The average Bonchev–Trinajstić information content (AvgIpc) is 2.43. The Hall–Kier alpha value is -1.59. The molecule has 1 aliphatic rings. The van der Waals surface area contributed by atoms with Crippen LogP contribution in [0.4, 0.5) is 4.79 Å². The molecule has 22 heavy (non-hydrogen) atoms. The second kappa shape index (κ2) is 8.15. The number of ketones is 1. The third-order valence-electron chi connectivity index (χ3n) is 3.48. The van der Waals surface area contributed by atoms with Crippen LogP contribution in [0.1, 0.15) is 53.4 Å². The van der Waals surface area contributed by atoms with Crippen molar-refractivity contribution < 1.29 is 23.9 Å². The lowest BCUT2D eigenvalue weighted by molar-refractivity contribution is -0.144. The molecule has 0 unspecified atom stereocenters. The SMILES string of the molecule is CCOC(=O)CCC(=O)C1CCN(C(=O)OC(C)(C)C)CC1. The summed E-state index contributed by atoms with van der Waals surface area (Å²) < 4.78 is 10.1. The van der Waals surface area contributed by atoms with Gasteiger partial charge in [0.2, 0.25) is 0 Å². The molecular weight excluding hydrogens is 286 g/mol. The maximum atomic E-state index is 12.1. The highest BCUT2D eigenvalue weighted by Crippen LogP contribution is 2.22. The van der Waals surface area contributed by atoms with E-state index in [0.29, 0.717) is 32.5 Å². The summed E-state index contributed by atoms with van der Waals surface area (Å²) >= 11 is 0. The summed E-state index contributed by atoms with van der Waals surface area (Å²) in [6, 6.07) is 0. The highest BCUT2D eigenvalue weighted by molar-refractivity contribution is 5.85. The molecule has 0 aliphatic carbocycles. The van der Waals surface area contributed by atoms with Gasteiger partial charge in [-0.3, -0.25) is 9.59 Å². The van der Waals surface area contributed by atoms with Crippen molar-refractivity contribution in [3.63, 3.8) is 0 Å². The quantitative estimate of drug-likeness (QED) is 0.729. The number of Topliss-reactive ketones (excluding diaryl/α,β-unsaturated/α-hetero) is 1. The van der Waals surface area contributed by atoms with Gasteiger partial charge in [0, 0.05) is 25.4 Å². The Morgan fingerprint density at radius 3 is 2.18 bits per heavy atom. The number of hydrogen-bond acceptors (Lipinski definition) is 5. The van der Waals surface area contributed by atoms with Crippen LogP contribution in [-0.4, -0.2) is 48.0 Å². The normalized spacial score (nSPS) is 16.3. The van der Waals surface area contributed by atoms with Gasteiger partial charge in [-0.1, -0.05) is 0 Å². The van der Waals surface area contributed by atoms with Crippen LogP contribution in [0.2, 0.25) is 0 Å². The molecule has 0 spiro atoms. The third kappa shape index (κ3) is 6.45. The fraction of sp³-hybridized carbons (Fsp3) is 0.812. The van der Waals surface area contributed by atoms with Crippen molar-refractivity contribution in [2.75, 3.05) is 19.7 Å². The summed E-state index contributed by atoms with van der Waals surface area (Å²) in [6.07, 6.45) is 1.28. The number of rotatable bonds is 5. The van der Waals surface area contributed by atoms with Gasteiger partial charge >= 0.3 is 12.1 Å². The fourth-order valence-corrected chi connectivity index (χ4v) is 2.37. The Kier molecular flexibility index (Phi) is 6.84. The number of carbonyl (C=O) groups excluding carboxylic acids is 3. The number of amides is 1. The van der Waals surface area contributed by atoms with E-state index in [1.165, 1.54) is 0 Å². The zero-order chi connectivity index (χ0) is 16.8. The molecule has 6 heteroatoms. The largest absolute Gasteiger partial charge is 0.466 e. The van der Waals surface area contributed by atoms with Crippen LogP contribution in [0.25, 0.3) is 0 Å². The summed E-state index contributed by atoms with van der Waals surface area (Å²) in [5, 5.41) is 0. The number of hydrogen-bond donors (Lipinski definition) is 0. The van der Waals surface area contributed by atoms with Gasteiger partial charge in [-0.2, -0.15) is 0 Å². The average molecular weight is 313 g/mol. The second-order valence-corrected chi connectivity index (χ2v) is 6.51. The highest BCUT2D eigenvalue weighted by atomic mass is 16.6. The molecule has 0 aromatic heterocycles. The van der Waals surface area contributed by atoms with Crippen molar-refractivity contribution in [2.24, 2.45) is 5.92 Å². The van der Waals surface area contributed by atoms with Gasteiger partial charge in [0.05, 0.1) is 13.0 Å². The minimum Gasteiger partial charge on any atom is -0.466 e. The first kappa shape index (κ1) is 18.5. The van der Waals surface area contributed by atoms with E-state index in [-0.39, 0.29) is 36.6 Å². The molecule has 126 valence electrons. The molecule has 1 fully saturated rings. The van der Waals surface area contributed by atoms with E-state index in [2.05, 4.69) is 0 Å². The van der Waals surface area contributed by atoms with Gasteiger partial charge in [0.1, 0.15) is 11.4 Å². The topological polar surface area (TPSA) is 72.9 Å². The standard InChI is InChI=1S/C16H27NO5/c1-5-21-14(19)7-6-13(18)12-8-10-17(11-9-12)15(20)22-16(2,3)4/h12H,5-11H2,1-4H3. The molecule has 0 bridgehead atoms. The van der Waals surface area contributed by atoms with Crippen molar-refractivity contribution in [1.29, 1.82) is 0 Å². The Labute approximate surface area is 132 Å². The molecular formula is C16H27NO5. The molecule has 0 radical (unpaired) electrons. The van der Waals surface area contributed by atoms with E-state index in [9.17, 15) is 14.4 Å². The van der Waals surface area contributed by atoms with Crippen molar-refractivity contribution >= 4 is 17.8 Å². The van der Waals surface area contributed by atoms with E-state index in [0.717, 1.165) is 0 Å². The van der Waals surface area contributed by atoms with Crippen LogP contribution < -0.4 is 0 Å². The molecule has 1 aliphatic heterocycles. The molecule has 0 aromatic carbocycles. The monoisotopic (exact) mass is 313 g/mol. The molecule has 0 aromatic rings. The van der Waals surface area contributed by atoms with Gasteiger partial charge in [-0.15, -0.1) is 0 Å². The predicted molar refractivity (Wildman–Crippen MR) is 81.4 cm³/mol. The van der Waals surface area contributed by atoms with Crippen molar-refractivity contribution in [3.8, 4) is 0 Å². The third-order valence-corrected chi connectivity index (χ3v) is 3.48. The smallest absolute Gasteiger partial charge is 0.410 e. The lowest BCUT2D eigenvalue weighted by atomic mass is 9.90. The maximum Gasteiger partial charge on any atom is 0.410 e. The lowest BCUT2D eigenvalue weighted by Gasteiger charge is -2.32. The summed E-state index contributed by atoms with van der Waals surface area (Å²) in [6.45, 7) is 8.60. The second-order valence-electron chi connectivity index (χ2n) is 6.51. The van der Waals surface area contributed by atoms with E-state index < -0.39 is 5.60 Å². The van der Waals surface area contributed by atoms with E-state index in [4.69, 9.17) is 9.47 Å². The van der Waals surface area contributed by atoms with Crippen LogP contribution in [0, 0.1) is 5.92 Å². The summed E-state index contributed by atoms with van der Waals surface area (Å²) in [7, 11) is 0. The Morgan fingerprint density at radius 1 is 1.09 bits per heavy atom. The van der Waals surface area contributed by atoms with Crippen LogP contribution in [0.5, 0.6) is 0 Å².